The highest BCUT2D eigenvalue weighted by Crippen LogP contribution is 2.28. The predicted octanol–water partition coefficient (Wildman–Crippen LogP) is 3.19. The zero-order valence-corrected chi connectivity index (χ0v) is 18.4. The number of hydrogen-bond acceptors (Lipinski definition) is 4. The van der Waals surface area contributed by atoms with E-state index in [2.05, 4.69) is 21.7 Å². The highest BCUT2D eigenvalue weighted by atomic mass is 16.5. The summed E-state index contributed by atoms with van der Waals surface area (Å²) in [5, 5.41) is 16.8. The smallest absolute Gasteiger partial charge is 0.191 e. The van der Waals surface area contributed by atoms with E-state index in [1.54, 1.807) is 7.11 Å². The minimum atomic E-state index is -0.501. The minimum Gasteiger partial charge on any atom is -0.493 e. The van der Waals surface area contributed by atoms with Crippen LogP contribution in [0, 0.1) is 0 Å². The largest absolute Gasteiger partial charge is 0.493 e. The van der Waals surface area contributed by atoms with Crippen LogP contribution < -0.4 is 20.1 Å². The fourth-order valence-electron chi connectivity index (χ4n) is 3.13. The average Bonchev–Trinajstić information content (AvgIpc) is 2.76. The summed E-state index contributed by atoms with van der Waals surface area (Å²) in [5.41, 5.74) is 2.32. The Hall–Kier alpha value is -2.73. The fourth-order valence-corrected chi connectivity index (χ4v) is 3.13. The van der Waals surface area contributed by atoms with E-state index in [1.165, 1.54) is 5.56 Å². The molecule has 6 nitrogen and oxygen atoms in total. The van der Waals surface area contributed by atoms with Crippen molar-refractivity contribution in [1.29, 1.82) is 0 Å². The SMILES string of the molecule is CCNC(=NCC(O)Cc1ccccc1)NCCCc1ccc(OC)c(OCC)c1. The molecule has 2 aromatic rings. The number of guanidine groups is 1. The normalized spacial score (nSPS) is 12.3. The Morgan fingerprint density at radius 2 is 1.83 bits per heavy atom. The summed E-state index contributed by atoms with van der Waals surface area (Å²) in [5.74, 6) is 2.27. The molecular formula is C24H35N3O3. The monoisotopic (exact) mass is 413 g/mol. The second kappa shape index (κ2) is 13.5. The van der Waals surface area contributed by atoms with Crippen molar-refractivity contribution in [2.45, 2.75) is 39.2 Å². The molecule has 0 aliphatic heterocycles. The summed E-state index contributed by atoms with van der Waals surface area (Å²) in [6.45, 7) is 6.53. The second-order valence-corrected chi connectivity index (χ2v) is 7.01. The number of benzene rings is 2. The van der Waals surface area contributed by atoms with Crippen molar-refractivity contribution in [3.05, 3.63) is 59.7 Å². The number of ether oxygens (including phenoxy) is 2. The highest BCUT2D eigenvalue weighted by molar-refractivity contribution is 5.79. The molecule has 0 spiro atoms. The number of aliphatic imine (C=N–C) groups is 1. The van der Waals surface area contributed by atoms with Crippen LogP contribution in [0.2, 0.25) is 0 Å². The van der Waals surface area contributed by atoms with E-state index in [4.69, 9.17) is 9.47 Å². The van der Waals surface area contributed by atoms with E-state index in [-0.39, 0.29) is 0 Å². The molecule has 2 rings (SSSR count). The molecule has 30 heavy (non-hydrogen) atoms. The lowest BCUT2D eigenvalue weighted by Crippen LogP contribution is -2.38. The lowest BCUT2D eigenvalue weighted by Gasteiger charge is -2.14. The van der Waals surface area contributed by atoms with Crippen LogP contribution in [0.15, 0.2) is 53.5 Å². The molecule has 0 aliphatic carbocycles. The molecule has 0 fully saturated rings. The molecule has 164 valence electrons. The number of methoxy groups -OCH3 is 1. The zero-order valence-electron chi connectivity index (χ0n) is 18.4. The van der Waals surface area contributed by atoms with E-state index >= 15 is 0 Å². The average molecular weight is 414 g/mol. The van der Waals surface area contributed by atoms with Gasteiger partial charge in [-0.25, -0.2) is 0 Å². The third-order valence-electron chi connectivity index (χ3n) is 4.58. The first-order valence-electron chi connectivity index (χ1n) is 10.7. The summed E-state index contributed by atoms with van der Waals surface area (Å²) >= 11 is 0. The first-order chi connectivity index (χ1) is 14.7. The molecule has 0 saturated heterocycles. The van der Waals surface area contributed by atoms with Gasteiger partial charge in [0.25, 0.3) is 0 Å². The Bertz CT molecular complexity index is 766. The van der Waals surface area contributed by atoms with E-state index in [9.17, 15) is 5.11 Å². The third kappa shape index (κ3) is 8.33. The maximum atomic E-state index is 10.3. The fraction of sp³-hybridized carbons (Fsp3) is 0.458. The van der Waals surface area contributed by atoms with Gasteiger partial charge in [0.1, 0.15) is 0 Å². The number of nitrogens with one attached hydrogen (secondary N) is 2. The van der Waals surface area contributed by atoms with Crippen LogP contribution in [0.25, 0.3) is 0 Å². The molecule has 0 aromatic heterocycles. The number of rotatable bonds is 12. The van der Waals surface area contributed by atoms with E-state index in [1.807, 2.05) is 56.3 Å². The standard InChI is InChI=1S/C24H35N3O3/c1-4-25-24(27-18-21(28)16-19-10-7-6-8-11-19)26-15-9-12-20-13-14-22(29-3)23(17-20)30-5-2/h6-8,10-11,13-14,17,21,28H,4-5,9,12,15-16,18H2,1-3H3,(H2,25,26,27). The van der Waals surface area contributed by atoms with Gasteiger partial charge in [-0.1, -0.05) is 36.4 Å². The maximum Gasteiger partial charge on any atom is 0.191 e. The second-order valence-electron chi connectivity index (χ2n) is 7.01. The Morgan fingerprint density at radius 3 is 2.53 bits per heavy atom. The molecule has 2 aromatic carbocycles. The molecule has 0 radical (unpaired) electrons. The van der Waals surface area contributed by atoms with Crippen molar-refractivity contribution in [3.63, 3.8) is 0 Å². The summed E-state index contributed by atoms with van der Waals surface area (Å²) < 4.78 is 11.0. The first-order valence-corrected chi connectivity index (χ1v) is 10.7. The predicted molar refractivity (Wildman–Crippen MR) is 123 cm³/mol. The first kappa shape index (κ1) is 23.5. The van der Waals surface area contributed by atoms with Crippen molar-refractivity contribution in [1.82, 2.24) is 10.6 Å². The maximum absolute atomic E-state index is 10.3. The quantitative estimate of drug-likeness (QED) is 0.283. The molecule has 3 N–H and O–H groups in total. The highest BCUT2D eigenvalue weighted by Gasteiger charge is 2.07. The Morgan fingerprint density at radius 1 is 1.03 bits per heavy atom. The van der Waals surface area contributed by atoms with Gasteiger partial charge in [0, 0.05) is 19.5 Å². The zero-order chi connectivity index (χ0) is 21.6. The molecule has 0 heterocycles. The van der Waals surface area contributed by atoms with Crippen molar-refractivity contribution in [2.24, 2.45) is 4.99 Å². The Labute approximate surface area is 180 Å². The lowest BCUT2D eigenvalue weighted by molar-refractivity contribution is 0.183. The van der Waals surface area contributed by atoms with Crippen LogP contribution in [0.5, 0.6) is 11.5 Å². The van der Waals surface area contributed by atoms with Crippen LogP contribution >= 0.6 is 0 Å². The van der Waals surface area contributed by atoms with E-state index in [0.29, 0.717) is 19.6 Å². The molecule has 1 unspecified atom stereocenters. The van der Waals surface area contributed by atoms with Crippen LogP contribution in [-0.2, 0) is 12.8 Å². The molecule has 0 amide bonds. The third-order valence-corrected chi connectivity index (χ3v) is 4.58. The number of hydrogen-bond donors (Lipinski definition) is 3. The van der Waals surface area contributed by atoms with E-state index in [0.717, 1.165) is 49.0 Å². The topological polar surface area (TPSA) is 75.1 Å². The molecule has 6 heteroatoms. The van der Waals surface area contributed by atoms with E-state index < -0.39 is 6.10 Å². The van der Waals surface area contributed by atoms with Crippen LogP contribution in [-0.4, -0.2) is 50.5 Å². The number of aliphatic hydroxyl groups is 1. The van der Waals surface area contributed by atoms with Crippen molar-refractivity contribution in [3.8, 4) is 11.5 Å². The molecule has 0 aliphatic rings. The number of aliphatic hydroxyl groups excluding tert-OH is 1. The van der Waals surface area contributed by atoms with Gasteiger partial charge in [0.15, 0.2) is 17.5 Å². The van der Waals surface area contributed by atoms with Gasteiger partial charge in [-0.15, -0.1) is 0 Å². The van der Waals surface area contributed by atoms with Crippen LogP contribution in [0.4, 0.5) is 0 Å². The molecule has 0 bridgehead atoms. The Kier molecular flexibility index (Phi) is 10.6. The van der Waals surface area contributed by atoms with Gasteiger partial charge >= 0.3 is 0 Å². The molecular weight excluding hydrogens is 378 g/mol. The van der Waals surface area contributed by atoms with Gasteiger partial charge < -0.3 is 25.2 Å². The van der Waals surface area contributed by atoms with Crippen LogP contribution in [0.1, 0.15) is 31.4 Å². The van der Waals surface area contributed by atoms with Gasteiger partial charge in [-0.05, 0) is 49.9 Å². The Balaban J connectivity index is 1.80. The summed E-state index contributed by atoms with van der Waals surface area (Å²) in [6, 6.07) is 16.0. The van der Waals surface area contributed by atoms with Crippen molar-refractivity contribution < 1.29 is 14.6 Å². The minimum absolute atomic E-state index is 0.362. The molecule has 0 saturated carbocycles. The number of aryl methyl sites for hydroxylation is 1. The van der Waals surface area contributed by atoms with Gasteiger partial charge in [0.05, 0.1) is 26.4 Å². The lowest BCUT2D eigenvalue weighted by atomic mass is 10.1. The number of nitrogens with zero attached hydrogens (tertiary/aromatic N) is 1. The van der Waals surface area contributed by atoms with Crippen molar-refractivity contribution >= 4 is 5.96 Å². The van der Waals surface area contributed by atoms with Gasteiger partial charge in [-0.3, -0.25) is 4.99 Å². The summed E-state index contributed by atoms with van der Waals surface area (Å²) in [7, 11) is 1.65. The van der Waals surface area contributed by atoms with Crippen molar-refractivity contribution in [2.75, 3.05) is 33.4 Å². The summed E-state index contributed by atoms with van der Waals surface area (Å²) in [6.07, 6.45) is 1.98. The van der Waals surface area contributed by atoms with Gasteiger partial charge in [-0.2, -0.15) is 0 Å². The summed E-state index contributed by atoms with van der Waals surface area (Å²) in [4.78, 5) is 4.52. The molecule has 1 atom stereocenters. The van der Waals surface area contributed by atoms with Crippen LogP contribution in [0.3, 0.4) is 0 Å². The van der Waals surface area contributed by atoms with Gasteiger partial charge in [0.2, 0.25) is 0 Å².